The van der Waals surface area contributed by atoms with Gasteiger partial charge in [0.1, 0.15) is 0 Å². The molecule has 0 spiro atoms. The molecule has 0 saturated carbocycles. The fraction of sp³-hybridized carbons (Fsp3) is 0.588. The van der Waals surface area contributed by atoms with E-state index >= 15 is 0 Å². The standard InChI is InChI=1S/C17H26N2O.ClH/c1-4-7-16(18)17(20)19-11-14(10-13(19)3)15-9-6-5-8-12(15)2;/h5-6,8-9,13-14,16H,4,7,10-11,18H2,1-3H3;1H. The summed E-state index contributed by atoms with van der Waals surface area (Å²) in [4.78, 5) is 14.4. The number of likely N-dealkylation sites (tertiary alicyclic amines) is 1. The second-order valence-electron chi connectivity index (χ2n) is 6.02. The maximum atomic E-state index is 12.4. The Morgan fingerprint density at radius 1 is 1.43 bits per heavy atom. The average molecular weight is 311 g/mol. The van der Waals surface area contributed by atoms with E-state index in [1.807, 2.05) is 4.90 Å². The smallest absolute Gasteiger partial charge is 0.239 e. The van der Waals surface area contributed by atoms with Crippen LogP contribution in [0.15, 0.2) is 24.3 Å². The third kappa shape index (κ3) is 3.98. The van der Waals surface area contributed by atoms with E-state index in [9.17, 15) is 4.79 Å². The lowest BCUT2D eigenvalue weighted by Crippen LogP contribution is -2.45. The van der Waals surface area contributed by atoms with Gasteiger partial charge in [0.15, 0.2) is 0 Å². The maximum Gasteiger partial charge on any atom is 0.239 e. The molecule has 1 aromatic carbocycles. The van der Waals surface area contributed by atoms with Gasteiger partial charge in [-0.1, -0.05) is 37.6 Å². The minimum absolute atomic E-state index is 0. The molecule has 3 atom stereocenters. The Hall–Kier alpha value is -1.06. The number of hydrogen-bond donors (Lipinski definition) is 1. The van der Waals surface area contributed by atoms with Gasteiger partial charge >= 0.3 is 0 Å². The minimum Gasteiger partial charge on any atom is -0.338 e. The highest BCUT2D eigenvalue weighted by atomic mass is 35.5. The van der Waals surface area contributed by atoms with Crippen LogP contribution >= 0.6 is 12.4 Å². The molecule has 1 heterocycles. The lowest BCUT2D eigenvalue weighted by molar-refractivity contribution is -0.133. The molecule has 0 aromatic heterocycles. The number of carbonyl (C=O) groups excluding carboxylic acids is 1. The first-order valence-electron chi connectivity index (χ1n) is 7.66. The van der Waals surface area contributed by atoms with Crippen LogP contribution in [0, 0.1) is 6.92 Å². The number of rotatable bonds is 4. The Balaban J connectivity index is 0.00000220. The van der Waals surface area contributed by atoms with Crippen molar-refractivity contribution in [1.82, 2.24) is 4.90 Å². The Bertz CT molecular complexity index is 478. The predicted molar refractivity (Wildman–Crippen MR) is 89.8 cm³/mol. The lowest BCUT2D eigenvalue weighted by Gasteiger charge is -2.25. The van der Waals surface area contributed by atoms with Gasteiger partial charge in [-0.25, -0.2) is 0 Å². The molecular weight excluding hydrogens is 284 g/mol. The largest absolute Gasteiger partial charge is 0.338 e. The SMILES string of the molecule is CCCC(N)C(=O)N1CC(c2ccccc2C)CC1C.Cl. The van der Waals surface area contributed by atoms with Gasteiger partial charge < -0.3 is 10.6 Å². The summed E-state index contributed by atoms with van der Waals surface area (Å²) in [6, 6.07) is 8.44. The molecule has 0 aliphatic carbocycles. The summed E-state index contributed by atoms with van der Waals surface area (Å²) in [7, 11) is 0. The fourth-order valence-corrected chi connectivity index (χ4v) is 3.26. The van der Waals surface area contributed by atoms with Crippen molar-refractivity contribution in [1.29, 1.82) is 0 Å². The van der Waals surface area contributed by atoms with Crippen LogP contribution in [-0.2, 0) is 4.79 Å². The normalized spacial score (nSPS) is 22.8. The number of nitrogens with zero attached hydrogens (tertiary/aromatic N) is 1. The summed E-state index contributed by atoms with van der Waals surface area (Å²) in [5.74, 6) is 0.569. The van der Waals surface area contributed by atoms with Gasteiger partial charge in [0.25, 0.3) is 0 Å². The van der Waals surface area contributed by atoms with E-state index < -0.39 is 0 Å². The van der Waals surface area contributed by atoms with Gasteiger partial charge in [-0.15, -0.1) is 12.4 Å². The van der Waals surface area contributed by atoms with Gasteiger partial charge in [-0.05, 0) is 37.8 Å². The summed E-state index contributed by atoms with van der Waals surface area (Å²) in [6.07, 6.45) is 2.77. The Morgan fingerprint density at radius 3 is 2.71 bits per heavy atom. The molecule has 118 valence electrons. The van der Waals surface area contributed by atoms with Crippen molar-refractivity contribution >= 4 is 18.3 Å². The number of amides is 1. The van der Waals surface area contributed by atoms with Gasteiger partial charge in [-0.2, -0.15) is 0 Å². The lowest BCUT2D eigenvalue weighted by atomic mass is 9.93. The summed E-state index contributed by atoms with van der Waals surface area (Å²) in [6.45, 7) is 7.15. The summed E-state index contributed by atoms with van der Waals surface area (Å²) < 4.78 is 0. The number of aryl methyl sites for hydroxylation is 1. The maximum absolute atomic E-state index is 12.4. The molecule has 21 heavy (non-hydrogen) atoms. The molecular formula is C17H27ClN2O. The molecule has 1 aliphatic heterocycles. The molecule has 1 fully saturated rings. The highest BCUT2D eigenvalue weighted by Crippen LogP contribution is 2.33. The van der Waals surface area contributed by atoms with E-state index in [-0.39, 0.29) is 30.4 Å². The molecule has 1 aromatic rings. The van der Waals surface area contributed by atoms with Crippen LogP contribution in [0.25, 0.3) is 0 Å². The van der Waals surface area contributed by atoms with Gasteiger partial charge in [0.2, 0.25) is 5.91 Å². The van der Waals surface area contributed by atoms with Crippen LogP contribution in [0.1, 0.15) is 50.2 Å². The Labute approximate surface area is 134 Å². The van der Waals surface area contributed by atoms with Crippen molar-refractivity contribution in [2.75, 3.05) is 6.54 Å². The van der Waals surface area contributed by atoms with Crippen LogP contribution in [0.3, 0.4) is 0 Å². The quantitative estimate of drug-likeness (QED) is 0.928. The van der Waals surface area contributed by atoms with Crippen LogP contribution < -0.4 is 5.73 Å². The van der Waals surface area contributed by atoms with Crippen molar-refractivity contribution in [2.24, 2.45) is 5.73 Å². The Kier molecular flexibility index (Phi) is 6.69. The zero-order valence-electron chi connectivity index (χ0n) is 13.2. The van der Waals surface area contributed by atoms with Crippen LogP contribution in [-0.4, -0.2) is 29.4 Å². The molecule has 1 saturated heterocycles. The van der Waals surface area contributed by atoms with Crippen molar-refractivity contribution in [2.45, 2.75) is 58.0 Å². The van der Waals surface area contributed by atoms with Crippen LogP contribution in [0.4, 0.5) is 0 Å². The third-order valence-electron chi connectivity index (χ3n) is 4.40. The molecule has 1 amide bonds. The zero-order chi connectivity index (χ0) is 14.7. The summed E-state index contributed by atoms with van der Waals surface area (Å²) in [5.41, 5.74) is 8.68. The first-order chi connectivity index (χ1) is 9.54. The summed E-state index contributed by atoms with van der Waals surface area (Å²) >= 11 is 0. The molecule has 3 unspecified atom stereocenters. The van der Waals surface area contributed by atoms with E-state index in [2.05, 4.69) is 45.0 Å². The van der Waals surface area contributed by atoms with Crippen LogP contribution in [0.5, 0.6) is 0 Å². The van der Waals surface area contributed by atoms with Gasteiger partial charge in [0.05, 0.1) is 6.04 Å². The zero-order valence-corrected chi connectivity index (χ0v) is 14.0. The fourth-order valence-electron chi connectivity index (χ4n) is 3.26. The average Bonchev–Trinajstić information content (AvgIpc) is 2.80. The number of nitrogens with two attached hydrogens (primary N) is 1. The van der Waals surface area contributed by atoms with Crippen molar-refractivity contribution in [3.05, 3.63) is 35.4 Å². The second kappa shape index (κ2) is 7.81. The molecule has 4 heteroatoms. The molecule has 0 bridgehead atoms. The highest BCUT2D eigenvalue weighted by Gasteiger charge is 2.35. The van der Waals surface area contributed by atoms with E-state index in [1.165, 1.54) is 11.1 Å². The number of halogens is 1. The molecule has 0 radical (unpaired) electrons. The van der Waals surface area contributed by atoms with Crippen molar-refractivity contribution in [3.8, 4) is 0 Å². The molecule has 3 nitrogen and oxygen atoms in total. The predicted octanol–water partition coefficient (Wildman–Crippen LogP) is 3.25. The summed E-state index contributed by atoms with van der Waals surface area (Å²) in [5, 5.41) is 0. The van der Waals surface area contributed by atoms with Crippen molar-refractivity contribution < 1.29 is 4.79 Å². The number of benzene rings is 1. The van der Waals surface area contributed by atoms with Gasteiger partial charge in [0, 0.05) is 18.5 Å². The van der Waals surface area contributed by atoms with Gasteiger partial charge in [-0.3, -0.25) is 4.79 Å². The molecule has 2 N–H and O–H groups in total. The van der Waals surface area contributed by atoms with E-state index in [0.29, 0.717) is 5.92 Å². The van der Waals surface area contributed by atoms with E-state index in [4.69, 9.17) is 5.73 Å². The van der Waals surface area contributed by atoms with E-state index in [1.54, 1.807) is 0 Å². The monoisotopic (exact) mass is 310 g/mol. The first-order valence-corrected chi connectivity index (χ1v) is 7.66. The minimum atomic E-state index is -0.335. The van der Waals surface area contributed by atoms with Crippen molar-refractivity contribution in [3.63, 3.8) is 0 Å². The number of hydrogen-bond acceptors (Lipinski definition) is 2. The third-order valence-corrected chi connectivity index (χ3v) is 4.40. The second-order valence-corrected chi connectivity index (χ2v) is 6.02. The van der Waals surface area contributed by atoms with E-state index in [0.717, 1.165) is 25.8 Å². The molecule has 2 rings (SSSR count). The highest BCUT2D eigenvalue weighted by molar-refractivity contribution is 5.85. The topological polar surface area (TPSA) is 46.3 Å². The number of carbonyl (C=O) groups is 1. The Morgan fingerprint density at radius 2 is 2.10 bits per heavy atom. The first kappa shape index (κ1) is 18.0. The van der Waals surface area contributed by atoms with Crippen LogP contribution in [0.2, 0.25) is 0 Å². The molecule has 1 aliphatic rings.